The Labute approximate surface area is 132 Å². The molecule has 0 aliphatic heterocycles. The number of ether oxygens (including phenoxy) is 1. The Bertz CT molecular complexity index is 720. The van der Waals surface area contributed by atoms with E-state index in [9.17, 15) is 14.4 Å². The van der Waals surface area contributed by atoms with E-state index in [2.05, 4.69) is 0 Å². The van der Waals surface area contributed by atoms with E-state index in [1.54, 1.807) is 24.3 Å². The van der Waals surface area contributed by atoms with Crippen molar-refractivity contribution in [2.45, 2.75) is 19.3 Å². The maximum atomic E-state index is 12.3. The first kappa shape index (κ1) is 16.2. The molecule has 1 aromatic carbocycles. The molecule has 0 saturated heterocycles. The smallest absolute Gasteiger partial charge is 0.340 e. The molecular formula is C16H16ClNO4. The minimum absolute atomic E-state index is 0.0481. The summed E-state index contributed by atoms with van der Waals surface area (Å²) in [6.45, 7) is 0. The first-order valence-corrected chi connectivity index (χ1v) is 7.41. The molecule has 22 heavy (non-hydrogen) atoms. The largest absolute Gasteiger partial charge is 0.465 e. The van der Waals surface area contributed by atoms with Crippen LogP contribution in [0.4, 0.5) is 0 Å². The molecule has 6 heteroatoms. The van der Waals surface area contributed by atoms with E-state index in [0.717, 1.165) is 0 Å². The molecule has 0 amide bonds. The molecule has 0 radical (unpaired) electrons. The van der Waals surface area contributed by atoms with Gasteiger partial charge in [-0.1, -0.05) is 18.2 Å². The Morgan fingerprint density at radius 2 is 1.86 bits per heavy atom. The fourth-order valence-corrected chi connectivity index (χ4v) is 2.47. The van der Waals surface area contributed by atoms with Gasteiger partial charge >= 0.3 is 5.97 Å². The average molecular weight is 322 g/mol. The van der Waals surface area contributed by atoms with Crippen LogP contribution in [0.1, 0.15) is 34.4 Å². The predicted molar refractivity (Wildman–Crippen MR) is 83.5 cm³/mol. The zero-order valence-corrected chi connectivity index (χ0v) is 12.9. The second-order valence-corrected chi connectivity index (χ2v) is 5.17. The Morgan fingerprint density at radius 1 is 1.14 bits per heavy atom. The number of aromatic nitrogens is 1. The molecule has 0 bridgehead atoms. The van der Waals surface area contributed by atoms with E-state index in [1.807, 2.05) is 0 Å². The molecule has 0 atom stereocenters. The van der Waals surface area contributed by atoms with Gasteiger partial charge in [0.25, 0.3) is 0 Å². The number of fused-ring (bicyclic) bond motifs is 1. The number of rotatable bonds is 6. The second kappa shape index (κ2) is 7.22. The lowest BCUT2D eigenvalue weighted by Gasteiger charge is -2.03. The standard InChI is InChI=1S/C16H16ClNO4/c1-22-16(21)13-10-18(14-5-3-2-4-12(13)14)15(20)7-6-11(19)8-9-17/h2-5,10H,6-9H2,1H3. The quantitative estimate of drug-likeness (QED) is 0.606. The van der Waals surface area contributed by atoms with Crippen molar-refractivity contribution in [3.05, 3.63) is 36.0 Å². The van der Waals surface area contributed by atoms with Gasteiger partial charge < -0.3 is 4.74 Å². The third kappa shape index (κ3) is 3.36. The summed E-state index contributed by atoms with van der Waals surface area (Å²) in [5, 5.41) is 0.648. The topological polar surface area (TPSA) is 65.4 Å². The van der Waals surface area contributed by atoms with Crippen molar-refractivity contribution in [2.75, 3.05) is 13.0 Å². The van der Waals surface area contributed by atoms with Gasteiger partial charge in [-0.25, -0.2) is 4.79 Å². The number of carbonyl (C=O) groups excluding carboxylic acids is 3. The van der Waals surface area contributed by atoms with Crippen LogP contribution < -0.4 is 0 Å². The summed E-state index contributed by atoms with van der Waals surface area (Å²) < 4.78 is 6.13. The molecule has 0 fully saturated rings. The van der Waals surface area contributed by atoms with Gasteiger partial charge in [-0.3, -0.25) is 14.2 Å². The lowest BCUT2D eigenvalue weighted by Crippen LogP contribution is -2.12. The van der Waals surface area contributed by atoms with Crippen molar-refractivity contribution in [3.8, 4) is 0 Å². The Morgan fingerprint density at radius 3 is 2.55 bits per heavy atom. The fourth-order valence-electron chi connectivity index (χ4n) is 2.26. The lowest BCUT2D eigenvalue weighted by atomic mass is 10.1. The molecule has 0 saturated carbocycles. The first-order chi connectivity index (χ1) is 10.6. The van der Waals surface area contributed by atoms with Crippen LogP contribution in [0.15, 0.2) is 30.5 Å². The van der Waals surface area contributed by atoms with E-state index in [-0.39, 0.29) is 36.8 Å². The van der Waals surface area contributed by atoms with Crippen LogP contribution in [-0.2, 0) is 9.53 Å². The summed E-state index contributed by atoms with van der Waals surface area (Å²) in [5.41, 5.74) is 0.955. The number of methoxy groups -OCH3 is 1. The van der Waals surface area contributed by atoms with Gasteiger partial charge in [-0.2, -0.15) is 0 Å². The van der Waals surface area contributed by atoms with Crippen LogP contribution >= 0.6 is 11.6 Å². The van der Waals surface area contributed by atoms with Gasteiger partial charge in [0.05, 0.1) is 18.2 Å². The predicted octanol–water partition coefficient (Wildman–Crippen LogP) is 3.05. The van der Waals surface area contributed by atoms with Crippen molar-refractivity contribution < 1.29 is 19.1 Å². The summed E-state index contributed by atoms with van der Waals surface area (Å²) >= 11 is 5.50. The summed E-state index contributed by atoms with van der Waals surface area (Å²) in [7, 11) is 1.29. The van der Waals surface area contributed by atoms with Crippen molar-refractivity contribution >= 4 is 40.2 Å². The highest BCUT2D eigenvalue weighted by atomic mass is 35.5. The molecule has 2 aromatic rings. The Balaban J connectivity index is 2.29. The Kier molecular flexibility index (Phi) is 5.33. The van der Waals surface area contributed by atoms with Crippen LogP contribution in [0, 0.1) is 0 Å². The summed E-state index contributed by atoms with van der Waals surface area (Å²) in [6.07, 6.45) is 1.94. The van der Waals surface area contributed by atoms with E-state index < -0.39 is 5.97 Å². The van der Waals surface area contributed by atoms with Crippen LogP contribution in [0.2, 0.25) is 0 Å². The number of carbonyl (C=O) groups is 3. The van der Waals surface area contributed by atoms with Gasteiger partial charge in [0.2, 0.25) is 5.91 Å². The molecule has 5 nitrogen and oxygen atoms in total. The van der Waals surface area contributed by atoms with Gasteiger partial charge in [-0.05, 0) is 6.07 Å². The lowest BCUT2D eigenvalue weighted by molar-refractivity contribution is -0.118. The summed E-state index contributed by atoms with van der Waals surface area (Å²) in [4.78, 5) is 35.6. The molecule has 0 aliphatic rings. The number of hydrogen-bond donors (Lipinski definition) is 0. The first-order valence-electron chi connectivity index (χ1n) is 6.87. The van der Waals surface area contributed by atoms with Crippen LogP contribution in [-0.4, -0.2) is 35.2 Å². The highest BCUT2D eigenvalue weighted by Gasteiger charge is 2.18. The van der Waals surface area contributed by atoms with Gasteiger partial charge in [0.1, 0.15) is 5.78 Å². The number of esters is 1. The van der Waals surface area contributed by atoms with Gasteiger partial charge in [0, 0.05) is 36.7 Å². The molecule has 0 spiro atoms. The number of nitrogens with zero attached hydrogens (tertiary/aromatic N) is 1. The number of alkyl halides is 1. The fraction of sp³-hybridized carbons (Fsp3) is 0.312. The molecule has 2 rings (SSSR count). The van der Waals surface area contributed by atoms with Gasteiger partial charge in [-0.15, -0.1) is 11.6 Å². The Hall–Kier alpha value is -2.14. The maximum Gasteiger partial charge on any atom is 0.340 e. The number of benzene rings is 1. The maximum absolute atomic E-state index is 12.3. The third-order valence-corrected chi connectivity index (χ3v) is 3.57. The average Bonchev–Trinajstić information content (AvgIpc) is 2.92. The van der Waals surface area contributed by atoms with E-state index in [4.69, 9.17) is 16.3 Å². The van der Waals surface area contributed by atoms with Gasteiger partial charge in [0.15, 0.2) is 0 Å². The van der Waals surface area contributed by atoms with E-state index in [0.29, 0.717) is 16.5 Å². The van der Waals surface area contributed by atoms with E-state index in [1.165, 1.54) is 17.9 Å². The SMILES string of the molecule is COC(=O)c1cn(C(=O)CCC(=O)CCCl)c2ccccc12. The molecule has 1 aromatic heterocycles. The molecular weight excluding hydrogens is 306 g/mol. The number of ketones is 1. The summed E-state index contributed by atoms with van der Waals surface area (Å²) in [5.74, 6) is -0.533. The number of hydrogen-bond acceptors (Lipinski definition) is 4. The van der Waals surface area contributed by atoms with Crippen LogP contribution in [0.3, 0.4) is 0 Å². The zero-order chi connectivity index (χ0) is 16.1. The third-order valence-electron chi connectivity index (χ3n) is 3.38. The zero-order valence-electron chi connectivity index (χ0n) is 12.2. The number of Topliss-reactive ketones (excluding diaryl/α,β-unsaturated/α-hetero) is 1. The monoisotopic (exact) mass is 321 g/mol. The highest BCUT2D eigenvalue weighted by molar-refractivity contribution is 6.19. The molecule has 1 heterocycles. The van der Waals surface area contributed by atoms with Crippen molar-refractivity contribution in [1.82, 2.24) is 4.57 Å². The minimum atomic E-state index is -0.499. The van der Waals surface area contributed by atoms with Crippen molar-refractivity contribution in [3.63, 3.8) is 0 Å². The molecule has 116 valence electrons. The van der Waals surface area contributed by atoms with Crippen molar-refractivity contribution in [1.29, 1.82) is 0 Å². The van der Waals surface area contributed by atoms with Crippen LogP contribution in [0.25, 0.3) is 10.9 Å². The molecule has 0 unspecified atom stereocenters. The molecule has 0 N–H and O–H groups in total. The van der Waals surface area contributed by atoms with Crippen molar-refractivity contribution in [2.24, 2.45) is 0 Å². The normalized spacial score (nSPS) is 10.6. The number of para-hydroxylation sites is 1. The minimum Gasteiger partial charge on any atom is -0.465 e. The highest BCUT2D eigenvalue weighted by Crippen LogP contribution is 2.22. The second-order valence-electron chi connectivity index (χ2n) is 4.79. The summed E-state index contributed by atoms with van der Waals surface area (Å²) in [6, 6.07) is 7.07. The number of halogens is 1. The molecule has 0 aliphatic carbocycles. The van der Waals surface area contributed by atoms with Crippen LogP contribution in [0.5, 0.6) is 0 Å². The van der Waals surface area contributed by atoms with E-state index >= 15 is 0 Å².